The second-order valence-electron chi connectivity index (χ2n) is 7.70. The van der Waals surface area contributed by atoms with Crippen LogP contribution in [0.25, 0.3) is 11.2 Å². The van der Waals surface area contributed by atoms with Gasteiger partial charge in [0, 0.05) is 26.7 Å². The zero-order valence-corrected chi connectivity index (χ0v) is 17.4. The number of imidazole rings is 1. The summed E-state index contributed by atoms with van der Waals surface area (Å²) in [5.74, 6) is 0.329. The van der Waals surface area contributed by atoms with Gasteiger partial charge in [-0.05, 0) is 18.4 Å². The Hall–Kier alpha value is -3.36. The predicted octanol–water partition coefficient (Wildman–Crippen LogP) is 1.12. The third-order valence-electron chi connectivity index (χ3n) is 5.33. The summed E-state index contributed by atoms with van der Waals surface area (Å²) < 4.78 is 9.05. The number of aryl methyl sites for hydroxylation is 1. The van der Waals surface area contributed by atoms with E-state index in [1.165, 1.54) is 4.57 Å². The number of fused-ring (bicyclic) bond motifs is 3. The van der Waals surface area contributed by atoms with Gasteiger partial charge in [-0.1, -0.05) is 37.3 Å². The molecule has 2 aromatic heterocycles. The average molecular weight is 411 g/mol. The van der Waals surface area contributed by atoms with Gasteiger partial charge < -0.3 is 14.2 Å². The molecule has 3 heterocycles. The van der Waals surface area contributed by atoms with E-state index >= 15 is 0 Å². The number of ether oxygens (including phenoxy) is 1. The van der Waals surface area contributed by atoms with Gasteiger partial charge in [0.2, 0.25) is 5.95 Å². The van der Waals surface area contributed by atoms with Crippen molar-refractivity contribution in [3.8, 4) is 0 Å². The summed E-state index contributed by atoms with van der Waals surface area (Å²) in [6.07, 6.45) is 0. The summed E-state index contributed by atoms with van der Waals surface area (Å²) in [6.45, 7) is 5.62. The van der Waals surface area contributed by atoms with Gasteiger partial charge in [0.1, 0.15) is 6.54 Å². The molecule has 158 valence electrons. The summed E-state index contributed by atoms with van der Waals surface area (Å²) in [5.41, 5.74) is 0.694. The van der Waals surface area contributed by atoms with Crippen molar-refractivity contribution in [1.82, 2.24) is 18.7 Å². The number of aromatic nitrogens is 4. The molecule has 0 saturated carbocycles. The maximum atomic E-state index is 13.2. The predicted molar refractivity (Wildman–Crippen MR) is 113 cm³/mol. The molecule has 0 unspecified atom stereocenters. The molecule has 30 heavy (non-hydrogen) atoms. The summed E-state index contributed by atoms with van der Waals surface area (Å²) in [7, 11) is 1.57. The highest BCUT2D eigenvalue weighted by molar-refractivity contribution is 5.76. The Kier molecular flexibility index (Phi) is 5.19. The van der Waals surface area contributed by atoms with E-state index in [1.807, 2.05) is 34.9 Å². The fourth-order valence-corrected chi connectivity index (χ4v) is 4.02. The van der Waals surface area contributed by atoms with Crippen LogP contribution in [0, 0.1) is 5.92 Å². The third kappa shape index (κ3) is 3.40. The molecule has 0 radical (unpaired) electrons. The van der Waals surface area contributed by atoms with Crippen LogP contribution in [0.15, 0.2) is 39.9 Å². The Bertz CT molecular complexity index is 1210. The van der Waals surface area contributed by atoms with Gasteiger partial charge in [-0.25, -0.2) is 9.36 Å². The van der Waals surface area contributed by atoms with Crippen LogP contribution < -0.4 is 16.1 Å². The van der Waals surface area contributed by atoms with Crippen LogP contribution in [0.4, 0.5) is 5.95 Å². The first-order chi connectivity index (χ1) is 14.4. The molecule has 0 aliphatic carbocycles. The van der Waals surface area contributed by atoms with Crippen LogP contribution in [0.3, 0.4) is 0 Å². The van der Waals surface area contributed by atoms with Crippen molar-refractivity contribution in [3.05, 3.63) is 56.7 Å². The maximum Gasteiger partial charge on any atom is 0.333 e. The second kappa shape index (κ2) is 7.81. The van der Waals surface area contributed by atoms with Gasteiger partial charge >= 0.3 is 11.7 Å². The molecule has 9 heteroatoms. The van der Waals surface area contributed by atoms with Crippen molar-refractivity contribution in [3.63, 3.8) is 0 Å². The minimum absolute atomic E-state index is 0.185. The number of anilines is 1. The van der Waals surface area contributed by atoms with Crippen LogP contribution >= 0.6 is 0 Å². The summed E-state index contributed by atoms with van der Waals surface area (Å²) in [6, 6.07) is 10.1. The van der Waals surface area contributed by atoms with Gasteiger partial charge in [0.05, 0.1) is 6.61 Å². The third-order valence-corrected chi connectivity index (χ3v) is 5.33. The minimum Gasteiger partial charge on any atom is -0.465 e. The summed E-state index contributed by atoms with van der Waals surface area (Å²) >= 11 is 0. The highest BCUT2D eigenvalue weighted by Gasteiger charge is 2.29. The summed E-state index contributed by atoms with van der Waals surface area (Å²) in [5, 5.41) is 0. The molecular weight excluding hydrogens is 386 g/mol. The van der Waals surface area contributed by atoms with Crippen LogP contribution in [0.1, 0.15) is 19.4 Å². The molecule has 3 aromatic rings. The maximum absolute atomic E-state index is 13.2. The fraction of sp³-hybridized carbons (Fsp3) is 0.429. The van der Waals surface area contributed by atoms with Crippen molar-refractivity contribution in [2.24, 2.45) is 13.0 Å². The topological polar surface area (TPSA) is 91.4 Å². The number of hydrogen-bond donors (Lipinski definition) is 0. The van der Waals surface area contributed by atoms with Crippen LogP contribution in [0.2, 0.25) is 0 Å². The van der Waals surface area contributed by atoms with E-state index in [4.69, 9.17) is 4.74 Å². The molecule has 0 saturated heterocycles. The normalized spacial score (nSPS) is 16.0. The molecule has 9 nitrogen and oxygen atoms in total. The Morgan fingerprint density at radius 3 is 2.63 bits per heavy atom. The highest BCUT2D eigenvalue weighted by atomic mass is 16.5. The van der Waals surface area contributed by atoms with E-state index in [1.54, 1.807) is 14.0 Å². The van der Waals surface area contributed by atoms with Crippen LogP contribution in [-0.2, 0) is 36.2 Å². The highest BCUT2D eigenvalue weighted by Crippen LogP contribution is 2.28. The molecule has 1 aliphatic heterocycles. The largest absolute Gasteiger partial charge is 0.465 e. The van der Waals surface area contributed by atoms with E-state index in [0.717, 1.165) is 16.7 Å². The molecule has 1 aliphatic rings. The molecule has 0 spiro atoms. The van der Waals surface area contributed by atoms with Gasteiger partial charge in [-0.15, -0.1) is 0 Å². The van der Waals surface area contributed by atoms with Gasteiger partial charge in [-0.3, -0.25) is 14.2 Å². The number of nitrogens with zero attached hydrogens (tertiary/aromatic N) is 5. The Morgan fingerprint density at radius 1 is 1.20 bits per heavy atom. The van der Waals surface area contributed by atoms with Crippen molar-refractivity contribution in [2.75, 3.05) is 18.1 Å². The zero-order chi connectivity index (χ0) is 21.4. The Balaban J connectivity index is 1.86. The van der Waals surface area contributed by atoms with Crippen molar-refractivity contribution < 1.29 is 9.53 Å². The van der Waals surface area contributed by atoms with E-state index in [9.17, 15) is 14.4 Å². The lowest BCUT2D eigenvalue weighted by atomic mass is 10.1. The number of esters is 1. The monoisotopic (exact) mass is 411 g/mol. The first-order valence-electron chi connectivity index (χ1n) is 10.0. The van der Waals surface area contributed by atoms with Gasteiger partial charge in [0.25, 0.3) is 5.56 Å². The smallest absolute Gasteiger partial charge is 0.333 e. The van der Waals surface area contributed by atoms with Gasteiger partial charge in [-0.2, -0.15) is 4.98 Å². The molecule has 1 atom stereocenters. The first kappa shape index (κ1) is 19.9. The second-order valence-corrected chi connectivity index (χ2v) is 7.70. The molecule has 0 N–H and O–H groups in total. The molecule has 0 bridgehead atoms. The molecular formula is C21H25N5O4. The van der Waals surface area contributed by atoms with Crippen LogP contribution in [0.5, 0.6) is 0 Å². The first-order valence-corrected chi connectivity index (χ1v) is 10.0. The minimum atomic E-state index is -0.617. The quantitative estimate of drug-likeness (QED) is 0.585. The summed E-state index contributed by atoms with van der Waals surface area (Å²) in [4.78, 5) is 44.7. The van der Waals surface area contributed by atoms with Crippen molar-refractivity contribution >= 4 is 23.1 Å². The van der Waals surface area contributed by atoms with Crippen molar-refractivity contribution in [2.45, 2.75) is 33.5 Å². The molecule has 0 amide bonds. The zero-order valence-electron chi connectivity index (χ0n) is 17.4. The lowest BCUT2D eigenvalue weighted by molar-refractivity contribution is -0.143. The fourth-order valence-electron chi connectivity index (χ4n) is 4.02. The lowest BCUT2D eigenvalue weighted by Crippen LogP contribution is -2.42. The van der Waals surface area contributed by atoms with Crippen LogP contribution in [-0.4, -0.2) is 37.8 Å². The number of rotatable bonds is 5. The molecule has 4 rings (SSSR count). The Labute approximate surface area is 173 Å². The molecule has 1 aromatic carbocycles. The van der Waals surface area contributed by atoms with E-state index < -0.39 is 23.8 Å². The average Bonchev–Trinajstić information content (AvgIpc) is 3.10. The van der Waals surface area contributed by atoms with E-state index in [2.05, 4.69) is 16.8 Å². The van der Waals surface area contributed by atoms with Gasteiger partial charge in [0.15, 0.2) is 11.2 Å². The number of carbonyl (C=O) groups excluding carboxylic acids is 1. The van der Waals surface area contributed by atoms with E-state index in [0.29, 0.717) is 30.2 Å². The Morgan fingerprint density at radius 2 is 1.93 bits per heavy atom. The number of hydrogen-bond acceptors (Lipinski definition) is 6. The molecule has 0 fully saturated rings. The number of carbonyl (C=O) groups is 1. The number of benzene rings is 1. The van der Waals surface area contributed by atoms with E-state index in [-0.39, 0.29) is 12.5 Å². The lowest BCUT2D eigenvalue weighted by Gasteiger charge is -2.33. The van der Waals surface area contributed by atoms with Crippen molar-refractivity contribution in [1.29, 1.82) is 0 Å². The SMILES string of the molecule is CCOC(=O)Cn1c(=O)c2c(nc3n2C[C@@H](C)CN3Cc2ccccc2)n(C)c1=O. The standard InChI is InChI=1S/C21H25N5O4/c1-4-30-16(27)13-26-19(28)17-18(23(3)21(26)29)22-20-24(10-14(2)11-25(17)20)12-15-8-6-5-7-9-15/h5-9,14H,4,10-13H2,1-3H3/t14-/m0/s1.